The van der Waals surface area contributed by atoms with E-state index < -0.39 is 0 Å². The van der Waals surface area contributed by atoms with Gasteiger partial charge in [0.05, 0.1) is 23.8 Å². The second-order valence-corrected chi connectivity index (χ2v) is 7.58. The summed E-state index contributed by atoms with van der Waals surface area (Å²) in [5, 5.41) is 11.7. The van der Waals surface area contributed by atoms with Gasteiger partial charge in [-0.1, -0.05) is 0 Å². The molecule has 0 aliphatic carbocycles. The molecule has 1 fully saturated rings. The molecule has 1 aliphatic heterocycles. The van der Waals surface area contributed by atoms with Crippen molar-refractivity contribution < 1.29 is 14.3 Å². The van der Waals surface area contributed by atoms with Crippen LogP contribution in [0.25, 0.3) is 11.3 Å². The Bertz CT molecular complexity index is 1060. The normalized spacial score (nSPS) is 15.8. The maximum atomic E-state index is 12.8. The van der Waals surface area contributed by atoms with Gasteiger partial charge in [0.15, 0.2) is 5.82 Å². The van der Waals surface area contributed by atoms with Gasteiger partial charge in [-0.25, -0.2) is 4.79 Å². The van der Waals surface area contributed by atoms with Gasteiger partial charge in [0.1, 0.15) is 0 Å². The Morgan fingerprint density at radius 2 is 1.84 bits per heavy atom. The molecule has 8 nitrogen and oxygen atoms in total. The van der Waals surface area contributed by atoms with Crippen LogP contribution in [-0.2, 0) is 9.53 Å². The van der Waals surface area contributed by atoms with Crippen molar-refractivity contribution in [1.29, 1.82) is 0 Å². The number of nitrogens with one attached hydrogen (secondary N) is 1. The first-order valence-corrected chi connectivity index (χ1v) is 10.7. The summed E-state index contributed by atoms with van der Waals surface area (Å²) < 4.78 is 4.98. The summed E-state index contributed by atoms with van der Waals surface area (Å²) in [7, 11) is 0. The first kappa shape index (κ1) is 21.4. The molecule has 4 rings (SSSR count). The Hall–Kier alpha value is -3.81. The molecule has 1 unspecified atom stereocenters. The molecule has 8 heteroatoms. The Balaban J connectivity index is 1.37. The predicted octanol–water partition coefficient (Wildman–Crippen LogP) is 3.57. The summed E-state index contributed by atoms with van der Waals surface area (Å²) in [6.45, 7) is 3.50. The van der Waals surface area contributed by atoms with Gasteiger partial charge in [-0.15, -0.1) is 10.2 Å². The van der Waals surface area contributed by atoms with E-state index in [0.29, 0.717) is 24.4 Å². The standard InChI is InChI=1S/C24H25N5O3/c1-2-32-24(31)18-5-7-20(8-6-18)26-23(30)19-4-3-15-29(16-19)22-10-9-21(27-28-22)17-11-13-25-14-12-17/h5-14,19H,2-4,15-16H2,1H3,(H,26,30). The van der Waals surface area contributed by atoms with Gasteiger partial charge in [-0.05, 0) is 68.3 Å². The van der Waals surface area contributed by atoms with Crippen LogP contribution in [0.15, 0.2) is 60.9 Å². The molecule has 0 radical (unpaired) electrons. The second-order valence-electron chi connectivity index (χ2n) is 7.58. The van der Waals surface area contributed by atoms with Crippen molar-refractivity contribution in [2.75, 3.05) is 29.9 Å². The molecular weight excluding hydrogens is 406 g/mol. The van der Waals surface area contributed by atoms with Crippen LogP contribution in [0.3, 0.4) is 0 Å². The number of carbonyl (C=O) groups excluding carboxylic acids is 2. The number of rotatable bonds is 6. The maximum Gasteiger partial charge on any atom is 0.338 e. The van der Waals surface area contributed by atoms with Crippen molar-refractivity contribution in [2.24, 2.45) is 5.92 Å². The minimum atomic E-state index is -0.371. The van der Waals surface area contributed by atoms with Crippen molar-refractivity contribution >= 4 is 23.4 Å². The Morgan fingerprint density at radius 1 is 1.06 bits per heavy atom. The fourth-order valence-electron chi connectivity index (χ4n) is 3.72. The highest BCUT2D eigenvalue weighted by Crippen LogP contribution is 2.24. The molecule has 32 heavy (non-hydrogen) atoms. The summed E-state index contributed by atoms with van der Waals surface area (Å²) in [4.78, 5) is 30.7. The molecule has 1 aromatic carbocycles. The lowest BCUT2D eigenvalue weighted by molar-refractivity contribution is -0.120. The third kappa shape index (κ3) is 5.08. The lowest BCUT2D eigenvalue weighted by atomic mass is 9.97. The molecule has 0 saturated carbocycles. The highest BCUT2D eigenvalue weighted by Gasteiger charge is 2.27. The van der Waals surface area contributed by atoms with Crippen LogP contribution in [0.4, 0.5) is 11.5 Å². The lowest BCUT2D eigenvalue weighted by Gasteiger charge is -2.32. The zero-order valence-electron chi connectivity index (χ0n) is 17.9. The van der Waals surface area contributed by atoms with E-state index in [2.05, 4.69) is 25.4 Å². The molecule has 1 atom stereocenters. The molecule has 164 valence electrons. The van der Waals surface area contributed by atoms with Crippen LogP contribution in [-0.4, -0.2) is 46.8 Å². The zero-order chi connectivity index (χ0) is 22.3. The number of hydrogen-bond acceptors (Lipinski definition) is 7. The number of hydrogen-bond donors (Lipinski definition) is 1. The molecule has 2 aromatic heterocycles. The highest BCUT2D eigenvalue weighted by atomic mass is 16.5. The molecule has 0 bridgehead atoms. The van der Waals surface area contributed by atoms with E-state index in [-0.39, 0.29) is 17.8 Å². The molecule has 1 amide bonds. The third-order valence-electron chi connectivity index (χ3n) is 5.41. The number of esters is 1. The van der Waals surface area contributed by atoms with Gasteiger partial charge >= 0.3 is 5.97 Å². The summed E-state index contributed by atoms with van der Waals surface area (Å²) in [6, 6.07) is 14.4. The summed E-state index contributed by atoms with van der Waals surface area (Å²) in [5.74, 6) is 0.193. The SMILES string of the molecule is CCOC(=O)c1ccc(NC(=O)C2CCCN(c3ccc(-c4ccncc4)nn3)C2)cc1. The van der Waals surface area contributed by atoms with Crippen molar-refractivity contribution in [3.8, 4) is 11.3 Å². The molecule has 1 aliphatic rings. The number of ether oxygens (including phenoxy) is 1. The number of carbonyl (C=O) groups is 2. The van der Waals surface area contributed by atoms with Gasteiger partial charge in [0.2, 0.25) is 5.91 Å². The van der Waals surface area contributed by atoms with Gasteiger partial charge < -0.3 is 15.0 Å². The predicted molar refractivity (Wildman–Crippen MR) is 121 cm³/mol. The fraction of sp³-hybridized carbons (Fsp3) is 0.292. The van der Waals surface area contributed by atoms with E-state index in [0.717, 1.165) is 36.5 Å². The first-order chi connectivity index (χ1) is 15.6. The van der Waals surface area contributed by atoms with Crippen LogP contribution in [0, 0.1) is 5.92 Å². The van der Waals surface area contributed by atoms with Crippen LogP contribution >= 0.6 is 0 Å². The molecule has 3 heterocycles. The number of piperidine rings is 1. The number of aromatic nitrogens is 3. The number of amides is 1. The number of pyridine rings is 1. The number of nitrogens with zero attached hydrogens (tertiary/aromatic N) is 4. The molecular formula is C24H25N5O3. The average Bonchev–Trinajstić information content (AvgIpc) is 2.85. The molecule has 0 spiro atoms. The average molecular weight is 431 g/mol. The Labute approximate surface area is 186 Å². The van der Waals surface area contributed by atoms with Crippen LogP contribution in [0.1, 0.15) is 30.1 Å². The van der Waals surface area contributed by atoms with Crippen molar-refractivity contribution in [3.05, 3.63) is 66.5 Å². The second kappa shape index (κ2) is 10.00. The molecule has 1 saturated heterocycles. The third-order valence-corrected chi connectivity index (χ3v) is 5.41. The van der Waals surface area contributed by atoms with E-state index in [1.54, 1.807) is 43.6 Å². The topological polar surface area (TPSA) is 97.3 Å². The van der Waals surface area contributed by atoms with Crippen molar-refractivity contribution in [1.82, 2.24) is 15.2 Å². The van der Waals surface area contributed by atoms with E-state index in [9.17, 15) is 9.59 Å². The van der Waals surface area contributed by atoms with Gasteiger partial charge in [-0.2, -0.15) is 0 Å². The van der Waals surface area contributed by atoms with Gasteiger partial charge in [0, 0.05) is 36.7 Å². The zero-order valence-corrected chi connectivity index (χ0v) is 17.9. The first-order valence-electron chi connectivity index (χ1n) is 10.7. The van der Waals surface area contributed by atoms with E-state index >= 15 is 0 Å². The largest absolute Gasteiger partial charge is 0.462 e. The minimum Gasteiger partial charge on any atom is -0.462 e. The highest BCUT2D eigenvalue weighted by molar-refractivity contribution is 5.94. The molecule has 1 N–H and O–H groups in total. The van der Waals surface area contributed by atoms with Crippen LogP contribution < -0.4 is 10.2 Å². The monoisotopic (exact) mass is 431 g/mol. The van der Waals surface area contributed by atoms with Crippen molar-refractivity contribution in [3.63, 3.8) is 0 Å². The van der Waals surface area contributed by atoms with E-state index in [1.165, 1.54) is 0 Å². The number of benzene rings is 1. The summed E-state index contributed by atoms with van der Waals surface area (Å²) in [5.41, 5.74) is 2.86. The number of anilines is 2. The lowest BCUT2D eigenvalue weighted by Crippen LogP contribution is -2.41. The van der Waals surface area contributed by atoms with Crippen LogP contribution in [0.5, 0.6) is 0 Å². The molecule has 3 aromatic rings. The summed E-state index contributed by atoms with van der Waals surface area (Å²) >= 11 is 0. The van der Waals surface area contributed by atoms with Crippen LogP contribution in [0.2, 0.25) is 0 Å². The smallest absolute Gasteiger partial charge is 0.338 e. The Morgan fingerprint density at radius 3 is 2.53 bits per heavy atom. The maximum absolute atomic E-state index is 12.8. The Kier molecular flexibility index (Phi) is 6.69. The van der Waals surface area contributed by atoms with Crippen molar-refractivity contribution in [2.45, 2.75) is 19.8 Å². The quantitative estimate of drug-likeness (QED) is 0.596. The van der Waals surface area contributed by atoms with Gasteiger partial charge in [-0.3, -0.25) is 9.78 Å². The van der Waals surface area contributed by atoms with Gasteiger partial charge in [0.25, 0.3) is 0 Å². The van der Waals surface area contributed by atoms with E-state index in [4.69, 9.17) is 4.74 Å². The fourth-order valence-corrected chi connectivity index (χ4v) is 3.72. The summed E-state index contributed by atoms with van der Waals surface area (Å²) in [6.07, 6.45) is 5.16. The minimum absolute atomic E-state index is 0.0417. The van der Waals surface area contributed by atoms with E-state index in [1.807, 2.05) is 24.3 Å².